The van der Waals surface area contributed by atoms with Crippen LogP contribution in [0.1, 0.15) is 22.4 Å². The molecule has 1 aliphatic carbocycles. The van der Waals surface area contributed by atoms with Crippen molar-refractivity contribution >= 4 is 33.2 Å². The first-order valence-corrected chi connectivity index (χ1v) is 8.29. The standard InChI is InChI=1S/C16H15BrO2S/c17-13-7-14(20-10-13)9-16(15(18)19)6-5-11-3-1-2-4-12(11)8-16/h1-4,7,10H,5-6,8-9H2,(H,18,19). The molecule has 1 heterocycles. The van der Waals surface area contributed by atoms with E-state index >= 15 is 0 Å². The van der Waals surface area contributed by atoms with Crippen LogP contribution in [0.4, 0.5) is 0 Å². The number of hydrogen-bond donors (Lipinski definition) is 1. The Morgan fingerprint density at radius 1 is 1.35 bits per heavy atom. The van der Waals surface area contributed by atoms with E-state index in [1.54, 1.807) is 11.3 Å². The quantitative estimate of drug-likeness (QED) is 0.895. The molecule has 1 aromatic heterocycles. The summed E-state index contributed by atoms with van der Waals surface area (Å²) in [4.78, 5) is 13.0. The van der Waals surface area contributed by atoms with Crippen molar-refractivity contribution in [2.24, 2.45) is 5.41 Å². The van der Waals surface area contributed by atoms with Gasteiger partial charge in [0.15, 0.2) is 0 Å². The van der Waals surface area contributed by atoms with Gasteiger partial charge in [-0.25, -0.2) is 0 Å². The van der Waals surface area contributed by atoms with Crippen LogP contribution < -0.4 is 0 Å². The Morgan fingerprint density at radius 3 is 2.75 bits per heavy atom. The molecule has 0 bridgehead atoms. The van der Waals surface area contributed by atoms with Gasteiger partial charge < -0.3 is 5.11 Å². The maximum atomic E-state index is 11.9. The van der Waals surface area contributed by atoms with Crippen LogP contribution >= 0.6 is 27.3 Å². The molecule has 1 atom stereocenters. The highest BCUT2D eigenvalue weighted by Gasteiger charge is 2.41. The molecule has 3 rings (SSSR count). The molecular weight excluding hydrogens is 336 g/mol. The van der Waals surface area contributed by atoms with E-state index in [2.05, 4.69) is 28.1 Å². The highest BCUT2D eigenvalue weighted by atomic mass is 79.9. The third-order valence-electron chi connectivity index (χ3n) is 4.11. The number of hydrogen-bond acceptors (Lipinski definition) is 2. The molecule has 0 spiro atoms. The third-order valence-corrected chi connectivity index (χ3v) is 5.81. The third kappa shape index (κ3) is 2.54. The molecule has 0 radical (unpaired) electrons. The number of halogens is 1. The average molecular weight is 351 g/mol. The lowest BCUT2D eigenvalue weighted by molar-refractivity contribution is -0.149. The van der Waals surface area contributed by atoms with Gasteiger partial charge in [0.05, 0.1) is 5.41 Å². The predicted molar refractivity (Wildman–Crippen MR) is 84.3 cm³/mol. The second-order valence-electron chi connectivity index (χ2n) is 5.44. The number of aliphatic carboxylic acids is 1. The summed E-state index contributed by atoms with van der Waals surface area (Å²) in [6.45, 7) is 0. The topological polar surface area (TPSA) is 37.3 Å². The van der Waals surface area contributed by atoms with Crippen LogP contribution in [0.5, 0.6) is 0 Å². The summed E-state index contributed by atoms with van der Waals surface area (Å²) >= 11 is 5.07. The normalized spacial score (nSPS) is 21.4. The minimum Gasteiger partial charge on any atom is -0.481 e. The van der Waals surface area contributed by atoms with E-state index in [0.29, 0.717) is 12.8 Å². The minimum atomic E-state index is -0.670. The van der Waals surface area contributed by atoms with E-state index in [1.165, 1.54) is 11.1 Å². The largest absolute Gasteiger partial charge is 0.481 e. The van der Waals surface area contributed by atoms with Gasteiger partial charge in [0.1, 0.15) is 0 Å². The molecule has 4 heteroatoms. The summed E-state index contributed by atoms with van der Waals surface area (Å²) in [5.41, 5.74) is 1.84. The van der Waals surface area contributed by atoms with E-state index in [-0.39, 0.29) is 0 Å². The van der Waals surface area contributed by atoms with Gasteiger partial charge in [-0.1, -0.05) is 24.3 Å². The van der Waals surface area contributed by atoms with Crippen molar-refractivity contribution in [2.75, 3.05) is 0 Å². The molecule has 0 saturated heterocycles. The lowest BCUT2D eigenvalue weighted by Crippen LogP contribution is -2.38. The first-order chi connectivity index (χ1) is 9.59. The molecule has 2 aromatic rings. The fourth-order valence-electron chi connectivity index (χ4n) is 2.99. The smallest absolute Gasteiger partial charge is 0.310 e. The van der Waals surface area contributed by atoms with Gasteiger partial charge in [-0.3, -0.25) is 4.79 Å². The van der Waals surface area contributed by atoms with Gasteiger partial charge in [0, 0.05) is 14.7 Å². The van der Waals surface area contributed by atoms with Gasteiger partial charge in [0.2, 0.25) is 0 Å². The average Bonchev–Trinajstić information content (AvgIpc) is 2.83. The zero-order valence-electron chi connectivity index (χ0n) is 10.9. The zero-order chi connectivity index (χ0) is 14.2. The SMILES string of the molecule is O=C(O)C1(Cc2cc(Br)cs2)CCc2ccccc2C1. The molecule has 1 aromatic carbocycles. The van der Waals surface area contributed by atoms with Crippen LogP contribution in [0.3, 0.4) is 0 Å². The summed E-state index contributed by atoms with van der Waals surface area (Å²) < 4.78 is 1.04. The molecule has 1 N–H and O–H groups in total. The van der Waals surface area contributed by atoms with Gasteiger partial charge in [-0.15, -0.1) is 11.3 Å². The number of rotatable bonds is 3. The van der Waals surface area contributed by atoms with Gasteiger partial charge in [-0.05, 0) is 58.8 Å². The number of carboxylic acid groups (broad SMARTS) is 1. The van der Waals surface area contributed by atoms with Crippen molar-refractivity contribution < 1.29 is 9.90 Å². The molecule has 1 aliphatic rings. The predicted octanol–water partition coefficient (Wildman–Crippen LogP) is 4.31. The van der Waals surface area contributed by atoms with Crippen molar-refractivity contribution in [2.45, 2.75) is 25.7 Å². The molecular formula is C16H15BrO2S. The summed E-state index contributed by atoms with van der Waals surface area (Å²) in [6.07, 6.45) is 2.82. The van der Waals surface area contributed by atoms with Crippen molar-refractivity contribution in [3.8, 4) is 0 Å². The highest BCUT2D eigenvalue weighted by Crippen LogP contribution is 2.40. The molecule has 2 nitrogen and oxygen atoms in total. The van der Waals surface area contributed by atoms with Crippen LogP contribution in [0.25, 0.3) is 0 Å². The van der Waals surface area contributed by atoms with E-state index in [9.17, 15) is 9.90 Å². The molecule has 104 valence electrons. The summed E-state index contributed by atoms with van der Waals surface area (Å²) in [5.74, 6) is -0.670. The number of benzene rings is 1. The number of thiophene rings is 1. The number of carboxylic acids is 1. The summed E-state index contributed by atoms with van der Waals surface area (Å²) in [5, 5.41) is 11.8. The van der Waals surface area contributed by atoms with E-state index in [0.717, 1.165) is 22.2 Å². The molecule has 1 unspecified atom stereocenters. The highest BCUT2D eigenvalue weighted by molar-refractivity contribution is 9.10. The number of carbonyl (C=O) groups is 1. The molecule has 0 saturated carbocycles. The first-order valence-electron chi connectivity index (χ1n) is 6.62. The second-order valence-corrected chi connectivity index (χ2v) is 7.35. The fraction of sp³-hybridized carbons (Fsp3) is 0.312. The van der Waals surface area contributed by atoms with Crippen LogP contribution in [-0.2, 0) is 24.1 Å². The van der Waals surface area contributed by atoms with Crippen molar-refractivity contribution in [3.63, 3.8) is 0 Å². The van der Waals surface area contributed by atoms with Crippen LogP contribution in [0, 0.1) is 5.41 Å². The monoisotopic (exact) mass is 350 g/mol. The summed E-state index contributed by atoms with van der Waals surface area (Å²) in [7, 11) is 0. The van der Waals surface area contributed by atoms with E-state index < -0.39 is 11.4 Å². The lowest BCUT2D eigenvalue weighted by atomic mass is 9.69. The Bertz CT molecular complexity index is 649. The Balaban J connectivity index is 1.92. The van der Waals surface area contributed by atoms with Gasteiger partial charge in [-0.2, -0.15) is 0 Å². The van der Waals surface area contributed by atoms with Crippen LogP contribution in [0.15, 0.2) is 40.2 Å². The number of aryl methyl sites for hydroxylation is 1. The molecule has 0 fully saturated rings. The Kier molecular flexibility index (Phi) is 3.69. The van der Waals surface area contributed by atoms with Crippen LogP contribution in [0.2, 0.25) is 0 Å². The lowest BCUT2D eigenvalue weighted by Gasteiger charge is -2.34. The van der Waals surface area contributed by atoms with Gasteiger partial charge >= 0.3 is 5.97 Å². The van der Waals surface area contributed by atoms with E-state index in [4.69, 9.17) is 0 Å². The Hall–Kier alpha value is -1.13. The minimum absolute atomic E-state index is 0.618. The maximum Gasteiger partial charge on any atom is 0.310 e. The Labute approximate surface area is 130 Å². The maximum absolute atomic E-state index is 11.9. The van der Waals surface area contributed by atoms with Gasteiger partial charge in [0.25, 0.3) is 0 Å². The zero-order valence-corrected chi connectivity index (χ0v) is 13.3. The van der Waals surface area contributed by atoms with Crippen molar-refractivity contribution in [3.05, 3.63) is 56.2 Å². The van der Waals surface area contributed by atoms with E-state index in [1.807, 2.05) is 23.6 Å². The fourth-order valence-corrected chi connectivity index (χ4v) is 4.58. The van der Waals surface area contributed by atoms with Crippen molar-refractivity contribution in [1.29, 1.82) is 0 Å². The summed E-state index contributed by atoms with van der Waals surface area (Å²) in [6, 6.07) is 10.2. The Morgan fingerprint density at radius 2 is 2.10 bits per heavy atom. The second kappa shape index (κ2) is 5.34. The van der Waals surface area contributed by atoms with Crippen LogP contribution in [-0.4, -0.2) is 11.1 Å². The first kappa shape index (κ1) is 13.8. The molecule has 0 aliphatic heterocycles. The molecule has 0 amide bonds. The molecule has 20 heavy (non-hydrogen) atoms. The van der Waals surface area contributed by atoms with Crippen molar-refractivity contribution in [1.82, 2.24) is 0 Å². The number of fused-ring (bicyclic) bond motifs is 1.